The van der Waals surface area contributed by atoms with Crippen LogP contribution in [0.3, 0.4) is 0 Å². The van der Waals surface area contributed by atoms with E-state index in [1.54, 1.807) is 6.08 Å². The molecule has 0 saturated carbocycles. The highest BCUT2D eigenvalue weighted by atomic mass is 16.6. The molecule has 0 spiro atoms. The summed E-state index contributed by atoms with van der Waals surface area (Å²) in [6.45, 7) is 3.67. The highest BCUT2D eigenvalue weighted by Crippen LogP contribution is 2.20. The van der Waals surface area contributed by atoms with Crippen molar-refractivity contribution in [1.29, 1.82) is 0 Å². The van der Waals surface area contributed by atoms with Gasteiger partial charge in [0.25, 0.3) is 0 Å². The van der Waals surface area contributed by atoms with E-state index in [0.29, 0.717) is 17.7 Å². The van der Waals surface area contributed by atoms with Crippen LogP contribution in [0.5, 0.6) is 0 Å². The molecular formula is C11H15NO5. The normalized spacial score (nSPS) is 19.2. The summed E-state index contributed by atoms with van der Waals surface area (Å²) in [5, 5.41) is 8.85. The first-order chi connectivity index (χ1) is 8.07. The summed E-state index contributed by atoms with van der Waals surface area (Å²) in [7, 11) is 0. The fourth-order valence-electron chi connectivity index (χ4n) is 1.60. The Labute approximate surface area is 98.8 Å². The third-order valence-electron chi connectivity index (χ3n) is 2.47. The lowest BCUT2D eigenvalue weighted by atomic mass is 10.2. The topological polar surface area (TPSA) is 83.9 Å². The molecule has 0 radical (unpaired) electrons. The van der Waals surface area contributed by atoms with Crippen molar-refractivity contribution in [2.75, 3.05) is 6.61 Å². The number of allylic oxidation sites excluding steroid dienone is 1. The van der Waals surface area contributed by atoms with Gasteiger partial charge in [-0.05, 0) is 19.3 Å². The van der Waals surface area contributed by atoms with Crippen LogP contribution in [0.15, 0.2) is 12.7 Å². The zero-order valence-electron chi connectivity index (χ0n) is 9.42. The van der Waals surface area contributed by atoms with Gasteiger partial charge in [0.2, 0.25) is 5.91 Å². The average molecular weight is 241 g/mol. The number of carbonyl (C=O) groups is 3. The van der Waals surface area contributed by atoms with Gasteiger partial charge in [-0.2, -0.15) is 0 Å². The Bertz CT molecular complexity index is 339. The zero-order chi connectivity index (χ0) is 12.8. The Kier molecular flexibility index (Phi) is 4.68. The number of amides is 2. The van der Waals surface area contributed by atoms with Crippen LogP contribution in [-0.2, 0) is 14.3 Å². The van der Waals surface area contributed by atoms with Gasteiger partial charge >= 0.3 is 12.1 Å². The zero-order valence-corrected chi connectivity index (χ0v) is 9.42. The van der Waals surface area contributed by atoms with Crippen LogP contribution in [-0.4, -0.2) is 40.6 Å². The molecule has 1 saturated heterocycles. The van der Waals surface area contributed by atoms with Gasteiger partial charge in [-0.1, -0.05) is 6.08 Å². The van der Waals surface area contributed by atoms with Crippen molar-refractivity contribution in [2.24, 2.45) is 0 Å². The number of carbonyl (C=O) groups excluding carboxylic acids is 2. The fourth-order valence-corrected chi connectivity index (χ4v) is 1.60. The molecule has 1 aliphatic rings. The predicted octanol–water partition coefficient (Wildman–Crippen LogP) is 1.16. The minimum Gasteiger partial charge on any atom is -0.480 e. The number of hydrogen-bond acceptors (Lipinski definition) is 4. The highest BCUT2D eigenvalue weighted by molar-refractivity contribution is 5.99. The van der Waals surface area contributed by atoms with Crippen molar-refractivity contribution in [2.45, 2.75) is 31.7 Å². The van der Waals surface area contributed by atoms with E-state index < -0.39 is 24.0 Å². The van der Waals surface area contributed by atoms with E-state index in [4.69, 9.17) is 9.84 Å². The Morgan fingerprint density at radius 2 is 2.29 bits per heavy atom. The summed E-state index contributed by atoms with van der Waals surface area (Å²) in [5.41, 5.74) is 0. The molecule has 1 rings (SSSR count). The lowest BCUT2D eigenvalue weighted by molar-refractivity contribution is -0.145. The van der Waals surface area contributed by atoms with Gasteiger partial charge in [0.15, 0.2) is 0 Å². The maximum atomic E-state index is 11.5. The molecule has 2 amide bonds. The van der Waals surface area contributed by atoms with Gasteiger partial charge < -0.3 is 9.84 Å². The molecule has 1 atom stereocenters. The van der Waals surface area contributed by atoms with Crippen molar-refractivity contribution in [3.8, 4) is 0 Å². The van der Waals surface area contributed by atoms with Crippen LogP contribution >= 0.6 is 0 Å². The van der Waals surface area contributed by atoms with Crippen molar-refractivity contribution >= 4 is 18.0 Å². The fraction of sp³-hybridized carbons (Fsp3) is 0.545. The van der Waals surface area contributed by atoms with E-state index >= 15 is 0 Å². The van der Waals surface area contributed by atoms with Crippen LogP contribution in [0.25, 0.3) is 0 Å². The van der Waals surface area contributed by atoms with E-state index in [0.717, 1.165) is 0 Å². The largest absolute Gasteiger partial charge is 0.480 e. The highest BCUT2D eigenvalue weighted by Gasteiger charge is 2.41. The first kappa shape index (κ1) is 13.2. The molecule has 1 unspecified atom stereocenters. The number of carboxylic acids is 1. The van der Waals surface area contributed by atoms with Crippen molar-refractivity contribution in [3.63, 3.8) is 0 Å². The molecule has 0 aromatic carbocycles. The first-order valence-electron chi connectivity index (χ1n) is 5.40. The lowest BCUT2D eigenvalue weighted by Crippen LogP contribution is -2.43. The summed E-state index contributed by atoms with van der Waals surface area (Å²) in [4.78, 5) is 34.4. The minimum atomic E-state index is -1.18. The quantitative estimate of drug-likeness (QED) is 0.577. The van der Waals surface area contributed by atoms with E-state index in [-0.39, 0.29) is 19.4 Å². The summed E-state index contributed by atoms with van der Waals surface area (Å²) >= 11 is 0. The standard InChI is InChI=1S/C11H15NO5/c1-2-3-4-7-17-11(16)12-8(10(14)15)5-6-9(12)13/h2,8H,1,3-7H2,(H,14,15). The van der Waals surface area contributed by atoms with Crippen LogP contribution in [0.2, 0.25) is 0 Å². The van der Waals surface area contributed by atoms with Gasteiger partial charge in [0.1, 0.15) is 6.04 Å². The van der Waals surface area contributed by atoms with E-state index in [1.807, 2.05) is 0 Å². The molecular weight excluding hydrogens is 226 g/mol. The van der Waals surface area contributed by atoms with Gasteiger partial charge in [-0.15, -0.1) is 6.58 Å². The monoisotopic (exact) mass is 241 g/mol. The number of imide groups is 1. The van der Waals surface area contributed by atoms with Crippen LogP contribution in [0.1, 0.15) is 25.7 Å². The third kappa shape index (κ3) is 3.30. The molecule has 6 nitrogen and oxygen atoms in total. The number of likely N-dealkylation sites (tertiary alicyclic amines) is 1. The van der Waals surface area contributed by atoms with Crippen LogP contribution in [0.4, 0.5) is 4.79 Å². The number of unbranched alkanes of at least 4 members (excludes halogenated alkanes) is 1. The molecule has 94 valence electrons. The molecule has 1 fully saturated rings. The van der Waals surface area contributed by atoms with Gasteiger partial charge in [0, 0.05) is 6.42 Å². The molecule has 0 aliphatic carbocycles. The number of nitrogens with zero attached hydrogens (tertiary/aromatic N) is 1. The van der Waals surface area contributed by atoms with Crippen molar-refractivity contribution in [1.82, 2.24) is 4.90 Å². The van der Waals surface area contributed by atoms with E-state index in [1.165, 1.54) is 0 Å². The minimum absolute atomic E-state index is 0.0682. The van der Waals surface area contributed by atoms with Gasteiger partial charge in [-0.25, -0.2) is 14.5 Å². The second kappa shape index (κ2) is 6.03. The first-order valence-corrected chi connectivity index (χ1v) is 5.40. The molecule has 17 heavy (non-hydrogen) atoms. The summed E-state index contributed by atoms with van der Waals surface area (Å²) in [6.07, 6.45) is 2.34. The predicted molar refractivity (Wildman–Crippen MR) is 58.3 cm³/mol. The summed E-state index contributed by atoms with van der Waals surface area (Å²) in [5.74, 6) is -1.68. The Balaban J connectivity index is 2.51. The number of rotatable bonds is 5. The maximum Gasteiger partial charge on any atom is 0.417 e. The Morgan fingerprint density at radius 1 is 1.59 bits per heavy atom. The Hall–Kier alpha value is -1.85. The number of aliphatic carboxylic acids is 1. The number of ether oxygens (including phenoxy) is 1. The second-order valence-corrected chi connectivity index (χ2v) is 3.70. The SMILES string of the molecule is C=CCCCOC(=O)N1C(=O)CCC1C(=O)O. The van der Waals surface area contributed by atoms with E-state index in [9.17, 15) is 14.4 Å². The lowest BCUT2D eigenvalue weighted by Gasteiger charge is -2.18. The maximum absolute atomic E-state index is 11.5. The molecule has 0 bridgehead atoms. The average Bonchev–Trinajstić information content (AvgIpc) is 2.66. The smallest absolute Gasteiger partial charge is 0.417 e. The molecule has 6 heteroatoms. The van der Waals surface area contributed by atoms with Crippen LogP contribution < -0.4 is 0 Å². The van der Waals surface area contributed by atoms with Gasteiger partial charge in [0.05, 0.1) is 6.61 Å². The number of carboxylic acid groups (broad SMARTS) is 1. The second-order valence-electron chi connectivity index (χ2n) is 3.70. The molecule has 0 aromatic heterocycles. The Morgan fingerprint density at radius 3 is 2.88 bits per heavy atom. The number of hydrogen-bond donors (Lipinski definition) is 1. The summed E-state index contributed by atoms with van der Waals surface area (Å²) in [6, 6.07) is -1.09. The van der Waals surface area contributed by atoms with Crippen LogP contribution in [0, 0.1) is 0 Å². The molecule has 0 aromatic rings. The van der Waals surface area contributed by atoms with Crippen molar-refractivity contribution in [3.05, 3.63) is 12.7 Å². The van der Waals surface area contributed by atoms with E-state index in [2.05, 4.69) is 6.58 Å². The third-order valence-corrected chi connectivity index (χ3v) is 2.47. The molecule has 1 heterocycles. The molecule has 1 aliphatic heterocycles. The molecule has 1 N–H and O–H groups in total. The van der Waals surface area contributed by atoms with Gasteiger partial charge in [-0.3, -0.25) is 4.79 Å². The van der Waals surface area contributed by atoms with Crippen molar-refractivity contribution < 1.29 is 24.2 Å². The summed E-state index contributed by atoms with van der Waals surface area (Å²) < 4.78 is 4.83.